The number of aliphatic carboxylic acids is 2. The molecule has 1 saturated heterocycles. The lowest BCUT2D eigenvalue weighted by molar-refractivity contribution is -0.134. The number of halogens is 1. The summed E-state index contributed by atoms with van der Waals surface area (Å²) in [4.78, 5) is 30.9. The average molecular weight is 539 g/mol. The van der Waals surface area contributed by atoms with E-state index < -0.39 is 11.9 Å². The Morgan fingerprint density at radius 2 is 1.63 bits per heavy atom. The molecule has 9 heteroatoms. The first-order chi connectivity index (χ1) is 16.9. The average Bonchev–Trinajstić information content (AvgIpc) is 3.48. The maximum Gasteiger partial charge on any atom is 0.328 e. The van der Waals surface area contributed by atoms with E-state index in [1.54, 1.807) is 0 Å². The highest BCUT2D eigenvalue weighted by Gasteiger charge is 2.18. The normalized spacial score (nSPS) is 14.4. The molecule has 0 radical (unpaired) electrons. The first kappa shape index (κ1) is 24.6. The molecule has 1 aliphatic heterocycles. The van der Waals surface area contributed by atoms with Crippen LogP contribution in [0.5, 0.6) is 0 Å². The van der Waals surface area contributed by atoms with Crippen molar-refractivity contribution in [3.8, 4) is 0 Å². The summed E-state index contributed by atoms with van der Waals surface area (Å²) in [7, 11) is 0. The molecule has 0 unspecified atom stereocenters. The highest BCUT2D eigenvalue weighted by molar-refractivity contribution is 9.10. The van der Waals surface area contributed by atoms with Crippen LogP contribution in [0, 0.1) is 0 Å². The van der Waals surface area contributed by atoms with Crippen molar-refractivity contribution < 1.29 is 19.8 Å². The smallest absolute Gasteiger partial charge is 0.328 e. The maximum atomic E-state index is 9.55. The van der Waals surface area contributed by atoms with Crippen molar-refractivity contribution in [2.45, 2.75) is 6.42 Å². The summed E-state index contributed by atoms with van der Waals surface area (Å²) >= 11 is 3.59. The van der Waals surface area contributed by atoms with Crippen LogP contribution in [0.4, 0.5) is 5.69 Å². The fourth-order valence-corrected chi connectivity index (χ4v) is 4.61. The molecule has 35 heavy (non-hydrogen) atoms. The van der Waals surface area contributed by atoms with E-state index >= 15 is 0 Å². The number of hydrogen-bond acceptors (Lipinski definition) is 4. The zero-order valence-electron chi connectivity index (χ0n) is 19.1. The van der Waals surface area contributed by atoms with Gasteiger partial charge in [-0.2, -0.15) is 0 Å². The molecule has 3 heterocycles. The van der Waals surface area contributed by atoms with Crippen LogP contribution in [0.15, 0.2) is 71.5 Å². The minimum atomic E-state index is -1.26. The molecular formula is C26H27BrN4O4. The maximum absolute atomic E-state index is 9.55. The first-order valence-corrected chi connectivity index (χ1v) is 12.1. The van der Waals surface area contributed by atoms with Crippen LogP contribution in [0.1, 0.15) is 5.56 Å². The zero-order chi connectivity index (χ0) is 24.8. The van der Waals surface area contributed by atoms with Gasteiger partial charge in [-0.3, -0.25) is 4.90 Å². The van der Waals surface area contributed by atoms with Crippen LogP contribution in [-0.4, -0.2) is 69.7 Å². The summed E-state index contributed by atoms with van der Waals surface area (Å²) in [6.45, 7) is 5.54. The Balaban J connectivity index is 0.000000314. The monoisotopic (exact) mass is 538 g/mol. The highest BCUT2D eigenvalue weighted by atomic mass is 79.9. The van der Waals surface area contributed by atoms with Gasteiger partial charge in [-0.1, -0.05) is 15.9 Å². The summed E-state index contributed by atoms with van der Waals surface area (Å²) in [6, 6.07) is 15.3. The Hall–Kier alpha value is -3.56. The van der Waals surface area contributed by atoms with Crippen LogP contribution < -0.4 is 4.90 Å². The van der Waals surface area contributed by atoms with Gasteiger partial charge in [-0.05, 0) is 54.4 Å². The summed E-state index contributed by atoms with van der Waals surface area (Å²) in [5, 5.41) is 18.3. The van der Waals surface area contributed by atoms with Crippen molar-refractivity contribution in [2.24, 2.45) is 0 Å². The van der Waals surface area contributed by atoms with Gasteiger partial charge in [0.05, 0.1) is 0 Å². The van der Waals surface area contributed by atoms with Gasteiger partial charge in [-0.25, -0.2) is 9.59 Å². The lowest BCUT2D eigenvalue weighted by Gasteiger charge is -2.36. The SMILES string of the molecule is Brc1ccc2[nH]cc(CCN3CCN(c4ccc5[nH]ccc5c4)CC3)c2c1.O=C(O)/C=C/C(=O)O. The number of carboxylic acid groups (broad SMARTS) is 2. The van der Waals surface area contributed by atoms with Gasteiger partial charge in [-0.15, -0.1) is 0 Å². The van der Waals surface area contributed by atoms with E-state index in [9.17, 15) is 9.59 Å². The van der Waals surface area contributed by atoms with E-state index in [0.29, 0.717) is 12.2 Å². The molecule has 0 amide bonds. The van der Waals surface area contributed by atoms with Crippen molar-refractivity contribution in [1.82, 2.24) is 14.9 Å². The molecule has 1 fully saturated rings. The number of piperazine rings is 1. The van der Waals surface area contributed by atoms with E-state index in [4.69, 9.17) is 10.2 Å². The Morgan fingerprint density at radius 3 is 2.34 bits per heavy atom. The molecule has 0 bridgehead atoms. The number of aromatic amines is 2. The third-order valence-electron chi connectivity index (χ3n) is 6.07. The van der Waals surface area contributed by atoms with Crippen molar-refractivity contribution in [2.75, 3.05) is 37.6 Å². The van der Waals surface area contributed by atoms with Gasteiger partial charge in [0.1, 0.15) is 0 Å². The summed E-state index contributed by atoms with van der Waals surface area (Å²) in [5.74, 6) is -2.51. The molecule has 182 valence electrons. The predicted octanol–water partition coefficient (Wildman–Crippen LogP) is 4.49. The van der Waals surface area contributed by atoms with Gasteiger partial charge in [0.25, 0.3) is 0 Å². The predicted molar refractivity (Wildman–Crippen MR) is 141 cm³/mol. The second-order valence-corrected chi connectivity index (χ2v) is 9.26. The molecule has 4 aromatic rings. The van der Waals surface area contributed by atoms with Crippen molar-refractivity contribution in [1.29, 1.82) is 0 Å². The Labute approximate surface area is 211 Å². The first-order valence-electron chi connectivity index (χ1n) is 11.3. The number of benzene rings is 2. The number of aromatic nitrogens is 2. The Bertz CT molecular complexity index is 1340. The summed E-state index contributed by atoms with van der Waals surface area (Å²) < 4.78 is 1.14. The molecule has 0 atom stereocenters. The van der Waals surface area contributed by atoms with E-state index in [0.717, 1.165) is 43.6 Å². The molecule has 5 rings (SSSR count). The Morgan fingerprint density at radius 1 is 0.914 bits per heavy atom. The molecule has 2 aromatic carbocycles. The number of carboxylic acids is 2. The third-order valence-corrected chi connectivity index (χ3v) is 6.56. The number of nitrogens with zero attached hydrogens (tertiary/aromatic N) is 2. The fraction of sp³-hybridized carbons (Fsp3) is 0.231. The topological polar surface area (TPSA) is 113 Å². The van der Waals surface area contributed by atoms with Crippen LogP contribution in [0.3, 0.4) is 0 Å². The van der Waals surface area contributed by atoms with Gasteiger partial charge in [0.15, 0.2) is 0 Å². The molecular weight excluding hydrogens is 512 g/mol. The number of nitrogens with one attached hydrogen (secondary N) is 2. The molecule has 4 N–H and O–H groups in total. The van der Waals surface area contributed by atoms with Crippen LogP contribution >= 0.6 is 15.9 Å². The molecule has 0 saturated carbocycles. The largest absolute Gasteiger partial charge is 0.478 e. The lowest BCUT2D eigenvalue weighted by atomic mass is 10.1. The van der Waals surface area contributed by atoms with Crippen LogP contribution in [0.2, 0.25) is 0 Å². The second kappa shape index (κ2) is 11.2. The van der Waals surface area contributed by atoms with Crippen molar-refractivity contribution in [3.05, 3.63) is 77.0 Å². The molecule has 8 nitrogen and oxygen atoms in total. The zero-order valence-corrected chi connectivity index (χ0v) is 20.7. The third kappa shape index (κ3) is 6.52. The van der Waals surface area contributed by atoms with Crippen molar-refractivity contribution >= 4 is 55.4 Å². The van der Waals surface area contributed by atoms with Crippen LogP contribution in [-0.2, 0) is 16.0 Å². The molecule has 1 aliphatic rings. The molecule has 0 spiro atoms. The lowest BCUT2D eigenvalue weighted by Crippen LogP contribution is -2.46. The molecule has 0 aliphatic carbocycles. The van der Waals surface area contributed by atoms with Gasteiger partial charge >= 0.3 is 11.9 Å². The highest BCUT2D eigenvalue weighted by Crippen LogP contribution is 2.24. The fourth-order valence-electron chi connectivity index (χ4n) is 4.25. The van der Waals surface area contributed by atoms with Crippen molar-refractivity contribution in [3.63, 3.8) is 0 Å². The summed E-state index contributed by atoms with van der Waals surface area (Å²) in [6.07, 6.45) is 6.38. The van der Waals surface area contributed by atoms with Gasteiger partial charge in [0.2, 0.25) is 0 Å². The number of fused-ring (bicyclic) bond motifs is 2. The van der Waals surface area contributed by atoms with E-state index in [2.05, 4.69) is 84.4 Å². The number of anilines is 1. The second-order valence-electron chi connectivity index (χ2n) is 8.34. The number of H-pyrrole nitrogens is 2. The number of rotatable bonds is 6. The van der Waals surface area contributed by atoms with Gasteiger partial charge in [0, 0.05) is 89.2 Å². The van der Waals surface area contributed by atoms with Gasteiger partial charge < -0.3 is 25.1 Å². The Kier molecular flexibility index (Phi) is 7.89. The number of hydrogen-bond donors (Lipinski definition) is 4. The number of carbonyl (C=O) groups is 2. The molecule has 2 aromatic heterocycles. The van der Waals surface area contributed by atoms with E-state index in [1.165, 1.54) is 33.1 Å². The standard InChI is InChI=1S/C22H23BrN4.C4H4O4/c23-18-1-3-22-20(14-18)17(15-25-22)6-8-26-9-11-27(12-10-26)19-2-4-21-16(13-19)5-7-24-21;5-3(6)1-2-4(7)8/h1-5,7,13-15,24-25H,6,8-12H2;1-2H,(H,5,6)(H,7,8)/b;2-1+. The van der Waals surface area contributed by atoms with E-state index in [-0.39, 0.29) is 0 Å². The van der Waals surface area contributed by atoms with E-state index in [1.807, 2.05) is 6.20 Å². The minimum absolute atomic E-state index is 0.558. The summed E-state index contributed by atoms with van der Waals surface area (Å²) in [5.41, 5.74) is 5.18. The quantitative estimate of drug-likeness (QED) is 0.269. The van der Waals surface area contributed by atoms with Crippen LogP contribution in [0.25, 0.3) is 21.8 Å². The minimum Gasteiger partial charge on any atom is -0.478 e.